The number of aromatic nitrogens is 3. The van der Waals surface area contributed by atoms with E-state index in [2.05, 4.69) is 44.5 Å². The van der Waals surface area contributed by atoms with Crippen LogP contribution in [-0.4, -0.2) is 51.2 Å². The number of fused-ring (bicyclic) bond motifs is 2. The van der Waals surface area contributed by atoms with E-state index in [1.165, 1.54) is 22.4 Å². The second kappa shape index (κ2) is 6.99. The number of hydrogen-bond acceptors (Lipinski definition) is 3. The third-order valence-corrected chi connectivity index (χ3v) is 5.52. The first-order chi connectivity index (χ1) is 12.6. The topological polar surface area (TPSA) is 90.4 Å². The Hall–Kier alpha value is -2.54. The highest BCUT2D eigenvalue weighted by molar-refractivity contribution is 5.81. The highest BCUT2D eigenvalue weighted by atomic mass is 15.1. The number of likely N-dealkylation sites (tertiary alicyclic amines) is 1. The van der Waals surface area contributed by atoms with E-state index in [1.807, 2.05) is 6.20 Å². The molecule has 0 spiro atoms. The fraction of sp³-hybridized carbons (Fsp3) is 0.474. The van der Waals surface area contributed by atoms with Gasteiger partial charge in [0.1, 0.15) is 5.82 Å². The molecule has 0 atom stereocenters. The lowest BCUT2D eigenvalue weighted by Gasteiger charge is -2.29. The molecule has 1 saturated heterocycles. The maximum Gasteiger partial charge on any atom is 0.185 e. The average molecular weight is 353 g/mol. The van der Waals surface area contributed by atoms with Crippen LogP contribution in [0.4, 0.5) is 0 Å². The summed E-state index contributed by atoms with van der Waals surface area (Å²) in [5, 5.41) is 0. The van der Waals surface area contributed by atoms with Crippen molar-refractivity contribution in [3.05, 3.63) is 47.3 Å². The molecular weight excluding hydrogens is 326 g/mol. The first-order valence-corrected chi connectivity index (χ1v) is 9.29. The Labute approximate surface area is 154 Å². The van der Waals surface area contributed by atoms with Crippen LogP contribution < -0.4 is 11.5 Å². The van der Waals surface area contributed by atoms with Crippen LogP contribution >= 0.6 is 0 Å². The zero-order chi connectivity index (χ0) is 18.1. The summed E-state index contributed by atoms with van der Waals surface area (Å²) in [6, 6.07) is 2.26. The molecule has 0 unspecified atom stereocenters. The summed E-state index contributed by atoms with van der Waals surface area (Å²) in [6.07, 6.45) is 9.38. The van der Waals surface area contributed by atoms with Crippen LogP contribution in [0.3, 0.4) is 0 Å². The Bertz CT molecular complexity index is 841. The zero-order valence-corrected chi connectivity index (χ0v) is 15.4. The fourth-order valence-electron chi connectivity index (χ4n) is 4.13. The molecule has 2 aliphatic rings. The summed E-state index contributed by atoms with van der Waals surface area (Å²) in [5.74, 6) is 1.30. The van der Waals surface area contributed by atoms with Crippen molar-refractivity contribution in [1.82, 2.24) is 19.0 Å². The van der Waals surface area contributed by atoms with Crippen molar-refractivity contribution in [2.24, 2.45) is 23.5 Å². The van der Waals surface area contributed by atoms with Crippen LogP contribution in [0.25, 0.3) is 5.57 Å². The third-order valence-electron chi connectivity index (χ3n) is 5.52. The van der Waals surface area contributed by atoms with E-state index in [0.717, 1.165) is 51.3 Å². The third kappa shape index (κ3) is 3.14. The fourth-order valence-corrected chi connectivity index (χ4v) is 4.13. The Morgan fingerprint density at radius 2 is 1.96 bits per heavy atom. The van der Waals surface area contributed by atoms with Gasteiger partial charge in [-0.1, -0.05) is 5.57 Å². The van der Waals surface area contributed by atoms with Crippen molar-refractivity contribution in [1.29, 1.82) is 0 Å². The smallest absolute Gasteiger partial charge is 0.185 e. The van der Waals surface area contributed by atoms with Gasteiger partial charge in [-0.25, -0.2) is 4.98 Å². The minimum Gasteiger partial charge on any atom is -0.370 e. The first kappa shape index (κ1) is 16.9. The number of imidazole rings is 1. The highest BCUT2D eigenvalue weighted by Crippen LogP contribution is 2.35. The van der Waals surface area contributed by atoms with Crippen LogP contribution in [0.1, 0.15) is 29.9 Å². The summed E-state index contributed by atoms with van der Waals surface area (Å²) in [5.41, 5.74) is 16.5. The van der Waals surface area contributed by atoms with Gasteiger partial charge in [-0.15, -0.1) is 0 Å². The van der Waals surface area contributed by atoms with E-state index >= 15 is 0 Å². The molecule has 0 aromatic carbocycles. The lowest BCUT2D eigenvalue weighted by Crippen LogP contribution is -2.34. The van der Waals surface area contributed by atoms with Gasteiger partial charge < -0.3 is 25.5 Å². The van der Waals surface area contributed by atoms with Crippen molar-refractivity contribution in [3.63, 3.8) is 0 Å². The predicted octanol–water partition coefficient (Wildman–Crippen LogP) is 0.949. The van der Waals surface area contributed by atoms with Crippen molar-refractivity contribution in [2.45, 2.75) is 25.8 Å². The largest absolute Gasteiger partial charge is 0.370 e. The molecular formula is C19H27N7. The molecule has 7 heteroatoms. The molecule has 2 aromatic heterocycles. The second-order valence-corrected chi connectivity index (χ2v) is 7.11. The van der Waals surface area contributed by atoms with Gasteiger partial charge in [0, 0.05) is 75.1 Å². The van der Waals surface area contributed by atoms with E-state index in [0.29, 0.717) is 6.54 Å². The molecule has 0 saturated carbocycles. The molecule has 26 heavy (non-hydrogen) atoms. The quantitative estimate of drug-likeness (QED) is 0.635. The molecule has 2 aliphatic heterocycles. The molecule has 1 fully saturated rings. The van der Waals surface area contributed by atoms with Crippen LogP contribution in [0, 0.1) is 0 Å². The van der Waals surface area contributed by atoms with Crippen molar-refractivity contribution >= 4 is 11.5 Å². The number of aryl methyl sites for hydroxylation is 2. The van der Waals surface area contributed by atoms with Crippen LogP contribution in [-0.2, 0) is 20.0 Å². The van der Waals surface area contributed by atoms with Gasteiger partial charge in [0.15, 0.2) is 5.96 Å². The Kier molecular flexibility index (Phi) is 4.55. The number of nitrogens with zero attached hydrogens (tertiary/aromatic N) is 5. The van der Waals surface area contributed by atoms with Crippen LogP contribution in [0.5, 0.6) is 0 Å². The summed E-state index contributed by atoms with van der Waals surface area (Å²) >= 11 is 0. The Morgan fingerprint density at radius 3 is 2.73 bits per heavy atom. The van der Waals surface area contributed by atoms with Crippen molar-refractivity contribution in [3.8, 4) is 0 Å². The molecule has 7 nitrogen and oxygen atoms in total. The van der Waals surface area contributed by atoms with Gasteiger partial charge >= 0.3 is 0 Å². The van der Waals surface area contributed by atoms with Crippen LogP contribution in [0.2, 0.25) is 0 Å². The lowest BCUT2D eigenvalue weighted by molar-refractivity contribution is 0.264. The minimum absolute atomic E-state index is 0.173. The van der Waals surface area contributed by atoms with Gasteiger partial charge in [-0.3, -0.25) is 4.99 Å². The summed E-state index contributed by atoms with van der Waals surface area (Å²) in [4.78, 5) is 11.2. The normalized spacial score (nSPS) is 17.6. The number of rotatable bonds is 3. The number of aliphatic imine (C=N–C) groups is 1. The summed E-state index contributed by atoms with van der Waals surface area (Å²) in [6.45, 7) is 4.65. The summed E-state index contributed by atoms with van der Waals surface area (Å²) in [7, 11) is 2.14. The molecule has 0 bridgehead atoms. The Balaban J connectivity index is 1.61. The SMILES string of the molecule is Cn1ccc2c1CCn1ccnc1C2=C1CCN(CCN=C(N)N)CC1. The maximum atomic E-state index is 5.42. The average Bonchev–Trinajstić information content (AvgIpc) is 3.19. The van der Waals surface area contributed by atoms with Gasteiger partial charge in [0.25, 0.3) is 0 Å². The van der Waals surface area contributed by atoms with Gasteiger partial charge in [-0.05, 0) is 18.9 Å². The summed E-state index contributed by atoms with van der Waals surface area (Å²) < 4.78 is 4.56. The number of nitrogens with two attached hydrogens (primary N) is 2. The first-order valence-electron chi connectivity index (χ1n) is 9.29. The predicted molar refractivity (Wildman–Crippen MR) is 104 cm³/mol. The minimum atomic E-state index is 0.173. The molecule has 4 heterocycles. The lowest BCUT2D eigenvalue weighted by atomic mass is 9.92. The molecule has 0 amide bonds. The van der Waals surface area contributed by atoms with Crippen LogP contribution in [0.15, 0.2) is 35.2 Å². The monoisotopic (exact) mass is 353 g/mol. The van der Waals surface area contributed by atoms with Gasteiger partial charge in [0.2, 0.25) is 0 Å². The zero-order valence-electron chi connectivity index (χ0n) is 15.4. The molecule has 0 aliphatic carbocycles. The number of guanidine groups is 1. The van der Waals surface area contributed by atoms with E-state index < -0.39 is 0 Å². The number of hydrogen-bond donors (Lipinski definition) is 2. The molecule has 0 radical (unpaired) electrons. The Morgan fingerprint density at radius 1 is 1.15 bits per heavy atom. The van der Waals surface area contributed by atoms with E-state index in [4.69, 9.17) is 16.5 Å². The number of piperidine rings is 1. The molecule has 4 N–H and O–H groups in total. The van der Waals surface area contributed by atoms with Crippen molar-refractivity contribution < 1.29 is 0 Å². The second-order valence-electron chi connectivity index (χ2n) is 7.11. The maximum absolute atomic E-state index is 5.42. The van der Waals surface area contributed by atoms with Gasteiger partial charge in [0.05, 0.1) is 6.54 Å². The highest BCUT2D eigenvalue weighted by Gasteiger charge is 2.26. The molecule has 4 rings (SSSR count). The van der Waals surface area contributed by atoms with Crippen molar-refractivity contribution in [2.75, 3.05) is 26.2 Å². The van der Waals surface area contributed by atoms with Gasteiger partial charge in [-0.2, -0.15) is 0 Å². The van der Waals surface area contributed by atoms with E-state index in [9.17, 15) is 0 Å². The molecule has 138 valence electrons. The standard InChI is InChI=1S/C19H27N7/c1-24-8-4-15-16(24)5-11-26-13-7-22-18(26)17(15)14-2-9-25(10-3-14)12-6-23-19(20)21/h4,7-8,13H,2-3,5-6,9-12H2,1H3,(H4,20,21,23). The van der Waals surface area contributed by atoms with E-state index in [-0.39, 0.29) is 5.96 Å². The van der Waals surface area contributed by atoms with E-state index in [1.54, 1.807) is 0 Å². The molecule has 2 aromatic rings.